The first-order chi connectivity index (χ1) is 24.0. The molecular formula is C43H34N6. The van der Waals surface area contributed by atoms with Gasteiger partial charge in [0.05, 0.1) is 23.3 Å². The van der Waals surface area contributed by atoms with Gasteiger partial charge in [-0.15, -0.1) is 0 Å². The summed E-state index contributed by atoms with van der Waals surface area (Å²) in [6, 6.07) is 38.8. The molecule has 49 heavy (non-hydrogen) atoms. The normalized spacial score (nSPS) is 19.6. The molecule has 6 aromatic rings. The highest BCUT2D eigenvalue weighted by atomic mass is 15.0. The van der Waals surface area contributed by atoms with Gasteiger partial charge in [-0.1, -0.05) is 56.2 Å². The second-order valence-electron chi connectivity index (χ2n) is 13.8. The topological polar surface area (TPSA) is 99.1 Å². The Kier molecular flexibility index (Phi) is 7.78. The first-order valence-electron chi connectivity index (χ1n) is 16.9. The van der Waals surface area contributed by atoms with Crippen LogP contribution < -0.4 is 0 Å². The summed E-state index contributed by atoms with van der Waals surface area (Å²) in [5, 5.41) is 18.8. The second kappa shape index (κ2) is 12.6. The largest absolute Gasteiger partial charge is 0.265 e. The molecule has 0 spiro atoms. The third-order valence-electron chi connectivity index (χ3n) is 10.4. The molecule has 4 aromatic carbocycles. The summed E-state index contributed by atoms with van der Waals surface area (Å²) in [5.74, 6) is 3.32. The molecule has 3 atom stereocenters. The van der Waals surface area contributed by atoms with E-state index in [9.17, 15) is 10.5 Å². The molecule has 2 bridgehead atoms. The molecule has 2 saturated carbocycles. The Bertz CT molecular complexity index is 2220. The molecule has 0 saturated heterocycles. The molecule has 0 radical (unpaired) electrons. The maximum Gasteiger partial charge on any atom is 0.164 e. The van der Waals surface area contributed by atoms with E-state index in [1.165, 1.54) is 37.7 Å². The zero-order valence-corrected chi connectivity index (χ0v) is 27.3. The number of benzene rings is 4. The van der Waals surface area contributed by atoms with Gasteiger partial charge in [0.25, 0.3) is 0 Å². The molecule has 0 aliphatic heterocycles. The van der Waals surface area contributed by atoms with Gasteiger partial charge in [0.15, 0.2) is 17.5 Å². The second-order valence-corrected chi connectivity index (χ2v) is 13.8. The molecule has 2 aromatic heterocycles. The third kappa shape index (κ3) is 6.10. The van der Waals surface area contributed by atoms with Gasteiger partial charge < -0.3 is 0 Å². The predicted octanol–water partition coefficient (Wildman–Crippen LogP) is 9.81. The first-order valence-corrected chi connectivity index (χ1v) is 16.9. The zero-order chi connectivity index (χ0) is 33.4. The molecule has 0 N–H and O–H groups in total. The Morgan fingerprint density at radius 2 is 0.959 bits per heavy atom. The van der Waals surface area contributed by atoms with E-state index in [0.717, 1.165) is 50.8 Å². The summed E-state index contributed by atoms with van der Waals surface area (Å²) in [6.45, 7) is 2.46. The van der Waals surface area contributed by atoms with E-state index in [0.29, 0.717) is 28.6 Å². The molecule has 2 fully saturated rings. The number of fused-ring (bicyclic) bond motifs is 2. The van der Waals surface area contributed by atoms with Crippen molar-refractivity contribution in [2.45, 2.75) is 44.4 Å². The Morgan fingerprint density at radius 1 is 0.531 bits per heavy atom. The van der Waals surface area contributed by atoms with E-state index in [1.807, 2.05) is 48.5 Å². The summed E-state index contributed by atoms with van der Waals surface area (Å²) in [6.07, 6.45) is 10.2. The van der Waals surface area contributed by atoms with Crippen molar-refractivity contribution in [1.29, 1.82) is 10.5 Å². The van der Waals surface area contributed by atoms with E-state index in [1.54, 1.807) is 24.5 Å². The van der Waals surface area contributed by atoms with Crippen molar-refractivity contribution in [3.63, 3.8) is 0 Å². The van der Waals surface area contributed by atoms with E-state index in [2.05, 4.69) is 66.5 Å². The molecule has 6 heteroatoms. The van der Waals surface area contributed by atoms with Gasteiger partial charge >= 0.3 is 0 Å². The van der Waals surface area contributed by atoms with Crippen molar-refractivity contribution in [2.75, 3.05) is 0 Å². The van der Waals surface area contributed by atoms with Crippen LogP contribution in [-0.2, 0) is 5.41 Å². The fraction of sp³-hybridized carbons (Fsp3) is 0.209. The SMILES string of the molecule is CC1(c2ccc(-c3cc(-c4ccc(C#N)cc4)cc(-c4nc(-c5ccncc5)nc(-c5ccc(C#N)cc5)n4)c3)cc2)CC2CC[C@@H](C2)C1. The van der Waals surface area contributed by atoms with Crippen LogP contribution in [0.5, 0.6) is 0 Å². The summed E-state index contributed by atoms with van der Waals surface area (Å²) in [7, 11) is 0. The van der Waals surface area contributed by atoms with E-state index >= 15 is 0 Å². The van der Waals surface area contributed by atoms with Crippen LogP contribution in [0.3, 0.4) is 0 Å². The maximum atomic E-state index is 9.43. The number of nitrogens with zero attached hydrogens (tertiary/aromatic N) is 6. The fourth-order valence-electron chi connectivity index (χ4n) is 7.99. The monoisotopic (exact) mass is 634 g/mol. The number of rotatable bonds is 6. The lowest BCUT2D eigenvalue weighted by Gasteiger charge is -2.38. The average Bonchev–Trinajstić information content (AvgIpc) is 3.52. The Hall–Kier alpha value is -5.98. The summed E-state index contributed by atoms with van der Waals surface area (Å²) >= 11 is 0. The summed E-state index contributed by atoms with van der Waals surface area (Å²) in [4.78, 5) is 19.0. The van der Waals surface area contributed by atoms with Crippen molar-refractivity contribution in [3.05, 3.63) is 132 Å². The molecule has 8 rings (SSSR count). The van der Waals surface area contributed by atoms with E-state index in [4.69, 9.17) is 15.0 Å². The highest BCUT2D eigenvalue weighted by Gasteiger charge is 2.41. The van der Waals surface area contributed by atoms with Crippen LogP contribution in [0.1, 0.15) is 55.7 Å². The molecular weight excluding hydrogens is 601 g/mol. The van der Waals surface area contributed by atoms with Crippen molar-refractivity contribution >= 4 is 0 Å². The number of nitriles is 2. The lowest BCUT2D eigenvalue weighted by atomic mass is 9.66. The standard InChI is InChI=1S/C43H34N6/c1-43(24-30-2-3-31(20-30)25-43)39-14-12-33(13-15-39)37-21-36(32-8-4-28(26-44)5-9-32)22-38(23-37)42-48-40(34-10-6-29(27-45)7-11-34)47-41(49-42)35-16-18-46-19-17-35/h4-19,21-23,30-31H,2-3,20,24-25H2,1H3/t30-,31?,43?/m0/s1. The first kappa shape index (κ1) is 30.4. The number of aromatic nitrogens is 4. The van der Waals surface area contributed by atoms with Crippen LogP contribution in [0, 0.1) is 34.5 Å². The Labute approximate surface area is 286 Å². The van der Waals surface area contributed by atoms with Gasteiger partial charge in [-0.05, 0) is 131 Å². The van der Waals surface area contributed by atoms with Crippen molar-refractivity contribution in [1.82, 2.24) is 19.9 Å². The molecule has 2 aliphatic carbocycles. The molecule has 2 unspecified atom stereocenters. The van der Waals surface area contributed by atoms with Crippen molar-refractivity contribution in [2.24, 2.45) is 11.8 Å². The van der Waals surface area contributed by atoms with Gasteiger partial charge in [0.1, 0.15) is 0 Å². The van der Waals surface area contributed by atoms with Crippen molar-refractivity contribution in [3.8, 4) is 68.6 Å². The van der Waals surface area contributed by atoms with Crippen LogP contribution in [0.4, 0.5) is 0 Å². The smallest absolute Gasteiger partial charge is 0.164 e. The highest BCUT2D eigenvalue weighted by Crippen LogP contribution is 2.51. The molecule has 0 amide bonds. The lowest BCUT2D eigenvalue weighted by Crippen LogP contribution is -2.30. The number of hydrogen-bond acceptors (Lipinski definition) is 6. The molecule has 2 aliphatic rings. The van der Waals surface area contributed by atoms with Crippen LogP contribution in [0.25, 0.3) is 56.4 Å². The van der Waals surface area contributed by atoms with Crippen LogP contribution in [0.2, 0.25) is 0 Å². The zero-order valence-electron chi connectivity index (χ0n) is 27.3. The van der Waals surface area contributed by atoms with Gasteiger partial charge in [0.2, 0.25) is 0 Å². The Balaban J connectivity index is 1.25. The molecule has 236 valence electrons. The van der Waals surface area contributed by atoms with Crippen LogP contribution >= 0.6 is 0 Å². The number of pyridine rings is 1. The minimum atomic E-state index is 0.230. The van der Waals surface area contributed by atoms with Gasteiger partial charge in [-0.2, -0.15) is 10.5 Å². The maximum absolute atomic E-state index is 9.43. The van der Waals surface area contributed by atoms with Gasteiger partial charge in [-0.3, -0.25) is 4.98 Å². The summed E-state index contributed by atoms with van der Waals surface area (Å²) < 4.78 is 0. The molecule has 6 nitrogen and oxygen atoms in total. The van der Waals surface area contributed by atoms with Gasteiger partial charge in [-0.25, -0.2) is 15.0 Å². The minimum absolute atomic E-state index is 0.230. The molecule has 2 heterocycles. The van der Waals surface area contributed by atoms with Crippen molar-refractivity contribution < 1.29 is 0 Å². The van der Waals surface area contributed by atoms with Crippen LogP contribution in [0.15, 0.2) is 116 Å². The minimum Gasteiger partial charge on any atom is -0.265 e. The van der Waals surface area contributed by atoms with E-state index < -0.39 is 0 Å². The third-order valence-corrected chi connectivity index (χ3v) is 10.4. The predicted molar refractivity (Wildman–Crippen MR) is 192 cm³/mol. The Morgan fingerprint density at radius 3 is 1.47 bits per heavy atom. The van der Waals surface area contributed by atoms with Crippen LogP contribution in [-0.4, -0.2) is 19.9 Å². The lowest BCUT2D eigenvalue weighted by molar-refractivity contribution is 0.232. The number of hydrogen-bond donors (Lipinski definition) is 0. The van der Waals surface area contributed by atoms with E-state index in [-0.39, 0.29) is 5.41 Å². The highest BCUT2D eigenvalue weighted by molar-refractivity contribution is 5.80. The fourth-order valence-corrected chi connectivity index (χ4v) is 7.99. The summed E-state index contributed by atoms with van der Waals surface area (Å²) in [5.41, 5.74) is 9.51. The quantitative estimate of drug-likeness (QED) is 0.181. The van der Waals surface area contributed by atoms with Gasteiger partial charge in [0, 0.05) is 29.1 Å². The average molecular weight is 635 g/mol.